The van der Waals surface area contributed by atoms with E-state index in [0.717, 1.165) is 12.8 Å². The Morgan fingerprint density at radius 2 is 1.76 bits per heavy atom. The molecule has 33 heavy (non-hydrogen) atoms. The number of nitrogens with zero attached hydrogens (tertiary/aromatic N) is 2. The fourth-order valence-corrected chi connectivity index (χ4v) is 3.73. The summed E-state index contributed by atoms with van der Waals surface area (Å²) in [5.74, 6) is 0.337. The van der Waals surface area contributed by atoms with Crippen LogP contribution in [0.5, 0.6) is 0 Å². The van der Waals surface area contributed by atoms with Crippen molar-refractivity contribution in [2.75, 3.05) is 24.4 Å². The zero-order chi connectivity index (χ0) is 23.5. The molecule has 1 saturated carbocycles. The number of aromatic nitrogens is 2. The van der Waals surface area contributed by atoms with Crippen molar-refractivity contribution < 1.29 is 14.3 Å². The van der Waals surface area contributed by atoms with Gasteiger partial charge in [0.05, 0.1) is 24.1 Å². The van der Waals surface area contributed by atoms with Crippen LogP contribution < -0.4 is 21.9 Å². The Hall–Kier alpha value is -3.72. The zero-order valence-electron chi connectivity index (χ0n) is 18.6. The summed E-state index contributed by atoms with van der Waals surface area (Å²) < 4.78 is 7.89. The Morgan fingerprint density at radius 1 is 1.03 bits per heavy atom. The number of ketones is 1. The average Bonchev–Trinajstić information content (AvgIpc) is 3.61. The second kappa shape index (κ2) is 9.41. The summed E-state index contributed by atoms with van der Waals surface area (Å²) in [4.78, 5) is 50.1. The van der Waals surface area contributed by atoms with E-state index in [1.807, 2.05) is 0 Å². The van der Waals surface area contributed by atoms with Crippen molar-refractivity contribution in [1.82, 2.24) is 9.13 Å². The first kappa shape index (κ1) is 22.5. The third-order valence-electron chi connectivity index (χ3n) is 5.67. The minimum Gasteiger partial charge on any atom is -0.383 e. The summed E-state index contributed by atoms with van der Waals surface area (Å²) in [6.07, 6.45) is 2.13. The number of urea groups is 1. The van der Waals surface area contributed by atoms with Crippen molar-refractivity contribution in [2.45, 2.75) is 32.9 Å². The Labute approximate surface area is 190 Å². The van der Waals surface area contributed by atoms with Gasteiger partial charge in [-0.2, -0.15) is 0 Å². The molecule has 9 heteroatoms. The molecule has 1 fully saturated rings. The predicted molar refractivity (Wildman–Crippen MR) is 126 cm³/mol. The Balaban J connectivity index is 1.64. The number of methoxy groups -OCH3 is 1. The maximum absolute atomic E-state index is 13.1. The lowest BCUT2D eigenvalue weighted by Crippen LogP contribution is -2.41. The highest BCUT2D eigenvalue weighted by Gasteiger charge is 2.24. The molecule has 1 aliphatic rings. The van der Waals surface area contributed by atoms with Gasteiger partial charge in [0.25, 0.3) is 5.56 Å². The van der Waals surface area contributed by atoms with Crippen LogP contribution in [0.25, 0.3) is 10.9 Å². The molecule has 2 N–H and O–H groups in total. The van der Waals surface area contributed by atoms with Gasteiger partial charge in [-0.3, -0.25) is 18.7 Å². The van der Waals surface area contributed by atoms with E-state index >= 15 is 0 Å². The second-order valence-electron chi connectivity index (χ2n) is 8.23. The van der Waals surface area contributed by atoms with Gasteiger partial charge < -0.3 is 15.4 Å². The van der Waals surface area contributed by atoms with Crippen LogP contribution in [0.3, 0.4) is 0 Å². The standard InChI is InChI=1S/C24H26N4O5/c1-15(29)17-4-3-5-18(12-17)25-23(31)26-19-8-9-21-20(13-19)22(30)27(10-11-33-2)24(32)28(21)14-16-6-7-16/h3-5,8-9,12-13,16H,6-7,10-11,14H2,1-2H3,(H2,25,26,31). The number of nitrogens with one attached hydrogen (secondary N) is 2. The van der Waals surface area contributed by atoms with E-state index < -0.39 is 11.6 Å². The van der Waals surface area contributed by atoms with Crippen LogP contribution in [-0.2, 0) is 17.8 Å². The number of amides is 2. The monoisotopic (exact) mass is 450 g/mol. The molecule has 172 valence electrons. The lowest BCUT2D eigenvalue weighted by molar-refractivity contribution is 0.101. The van der Waals surface area contributed by atoms with Crippen LogP contribution in [0.2, 0.25) is 0 Å². The highest BCUT2D eigenvalue weighted by Crippen LogP contribution is 2.31. The molecule has 0 saturated heterocycles. The fourth-order valence-electron chi connectivity index (χ4n) is 3.73. The maximum Gasteiger partial charge on any atom is 0.331 e. The summed E-state index contributed by atoms with van der Waals surface area (Å²) in [6.45, 7) is 2.40. The first-order valence-corrected chi connectivity index (χ1v) is 10.8. The van der Waals surface area contributed by atoms with Crippen LogP contribution in [0, 0.1) is 5.92 Å². The summed E-state index contributed by atoms with van der Waals surface area (Å²) in [5, 5.41) is 5.75. The predicted octanol–water partition coefficient (Wildman–Crippen LogP) is 3.07. The van der Waals surface area contributed by atoms with Crippen LogP contribution >= 0.6 is 0 Å². The number of ether oxygens (including phenoxy) is 1. The third kappa shape index (κ3) is 5.04. The van der Waals surface area contributed by atoms with Gasteiger partial charge in [0, 0.05) is 30.6 Å². The molecule has 0 spiro atoms. The van der Waals surface area contributed by atoms with E-state index in [4.69, 9.17) is 4.74 Å². The summed E-state index contributed by atoms with van der Waals surface area (Å²) in [6, 6.07) is 11.0. The van der Waals surface area contributed by atoms with Crippen molar-refractivity contribution in [3.63, 3.8) is 0 Å². The molecule has 4 rings (SSSR count). The van der Waals surface area contributed by atoms with Crippen LogP contribution in [0.1, 0.15) is 30.1 Å². The number of rotatable bonds is 8. The molecule has 3 aromatic rings. The smallest absolute Gasteiger partial charge is 0.331 e. The largest absolute Gasteiger partial charge is 0.383 e. The van der Waals surface area contributed by atoms with E-state index in [0.29, 0.717) is 40.3 Å². The molecule has 1 aromatic heterocycles. The average molecular weight is 450 g/mol. The number of carbonyl (C=O) groups excluding carboxylic acids is 2. The van der Waals surface area contributed by atoms with Gasteiger partial charge in [0.2, 0.25) is 0 Å². The Kier molecular flexibility index (Phi) is 6.41. The second-order valence-corrected chi connectivity index (χ2v) is 8.23. The minimum atomic E-state index is -0.513. The number of Topliss-reactive ketones (excluding diaryl/α,β-unsaturated/α-hetero) is 1. The molecule has 0 atom stereocenters. The van der Waals surface area contributed by atoms with Gasteiger partial charge >= 0.3 is 11.7 Å². The molecule has 0 aliphatic heterocycles. The lowest BCUT2D eigenvalue weighted by atomic mass is 10.1. The van der Waals surface area contributed by atoms with Gasteiger partial charge in [-0.05, 0) is 56.0 Å². The van der Waals surface area contributed by atoms with Gasteiger partial charge in [-0.25, -0.2) is 9.59 Å². The quantitative estimate of drug-likeness (QED) is 0.513. The molecule has 2 amide bonds. The van der Waals surface area contributed by atoms with Gasteiger partial charge in [-0.15, -0.1) is 0 Å². The van der Waals surface area contributed by atoms with Crippen LogP contribution in [-0.4, -0.2) is 34.7 Å². The van der Waals surface area contributed by atoms with E-state index in [1.54, 1.807) is 47.0 Å². The normalized spacial score (nSPS) is 13.2. The summed E-state index contributed by atoms with van der Waals surface area (Å²) >= 11 is 0. The molecular formula is C24H26N4O5. The SMILES string of the molecule is COCCn1c(=O)c2cc(NC(=O)Nc3cccc(C(C)=O)c3)ccc2n(CC2CC2)c1=O. The number of hydrogen-bond donors (Lipinski definition) is 2. The van der Waals surface area contributed by atoms with Gasteiger partial charge in [0.15, 0.2) is 5.78 Å². The maximum atomic E-state index is 13.1. The van der Waals surface area contributed by atoms with Crippen LogP contribution in [0.15, 0.2) is 52.1 Å². The van der Waals surface area contributed by atoms with Crippen molar-refractivity contribution in [1.29, 1.82) is 0 Å². The van der Waals surface area contributed by atoms with Crippen molar-refractivity contribution >= 4 is 34.1 Å². The fraction of sp³-hybridized carbons (Fsp3) is 0.333. The van der Waals surface area contributed by atoms with E-state index in [-0.39, 0.29) is 24.6 Å². The van der Waals surface area contributed by atoms with Crippen LogP contribution in [0.4, 0.5) is 16.2 Å². The molecule has 0 bridgehead atoms. The highest BCUT2D eigenvalue weighted by atomic mass is 16.5. The van der Waals surface area contributed by atoms with Crippen molar-refractivity contribution in [3.8, 4) is 0 Å². The topological polar surface area (TPSA) is 111 Å². The van der Waals surface area contributed by atoms with Gasteiger partial charge in [0.1, 0.15) is 0 Å². The number of benzene rings is 2. The molecule has 0 radical (unpaired) electrons. The number of carbonyl (C=O) groups is 2. The minimum absolute atomic E-state index is 0.101. The number of anilines is 2. The highest BCUT2D eigenvalue weighted by molar-refractivity contribution is 6.02. The van der Waals surface area contributed by atoms with E-state index in [2.05, 4.69) is 10.6 Å². The first-order chi connectivity index (χ1) is 15.9. The number of hydrogen-bond acceptors (Lipinski definition) is 5. The molecule has 2 aromatic carbocycles. The number of fused-ring (bicyclic) bond motifs is 1. The Bertz CT molecular complexity index is 1340. The lowest BCUT2D eigenvalue weighted by Gasteiger charge is -2.15. The van der Waals surface area contributed by atoms with Crippen molar-refractivity contribution in [3.05, 3.63) is 68.9 Å². The third-order valence-corrected chi connectivity index (χ3v) is 5.67. The molecule has 9 nitrogen and oxygen atoms in total. The zero-order valence-corrected chi connectivity index (χ0v) is 18.6. The van der Waals surface area contributed by atoms with E-state index in [9.17, 15) is 19.2 Å². The Morgan fingerprint density at radius 3 is 2.42 bits per heavy atom. The molecule has 0 unspecified atom stereocenters. The molecule has 1 aliphatic carbocycles. The molecular weight excluding hydrogens is 424 g/mol. The summed E-state index contributed by atoms with van der Waals surface area (Å²) in [7, 11) is 1.52. The van der Waals surface area contributed by atoms with E-state index in [1.165, 1.54) is 18.6 Å². The van der Waals surface area contributed by atoms with Gasteiger partial charge in [-0.1, -0.05) is 12.1 Å². The molecule has 1 heterocycles. The van der Waals surface area contributed by atoms with Crippen molar-refractivity contribution in [2.24, 2.45) is 5.92 Å². The summed E-state index contributed by atoms with van der Waals surface area (Å²) in [5.41, 5.74) is 1.16. The first-order valence-electron chi connectivity index (χ1n) is 10.8.